The first kappa shape index (κ1) is 13.7. The molecule has 1 atom stereocenters. The van der Waals surface area contributed by atoms with Crippen LogP contribution in [0, 0.1) is 0 Å². The molecule has 0 saturated heterocycles. The van der Waals surface area contributed by atoms with Gasteiger partial charge in [0.05, 0.1) is 11.8 Å². The highest BCUT2D eigenvalue weighted by atomic mass is 31.0. The number of hydrogen-bond donors (Lipinski definition) is 0. The molecule has 2 rings (SSSR count). The lowest BCUT2D eigenvalue weighted by Gasteiger charge is -2.08. The summed E-state index contributed by atoms with van der Waals surface area (Å²) in [4.78, 5) is 16.1. The number of rotatable bonds is 3. The average Bonchev–Trinajstić information content (AvgIpc) is 2.39. The third-order valence-corrected chi connectivity index (χ3v) is 2.89. The second-order valence-electron chi connectivity index (χ2n) is 4.48. The summed E-state index contributed by atoms with van der Waals surface area (Å²) < 4.78 is 5.14. The summed E-state index contributed by atoms with van der Waals surface area (Å²) in [6, 6.07) is 13.3. The highest BCUT2D eigenvalue weighted by Crippen LogP contribution is 2.17. The van der Waals surface area contributed by atoms with Crippen molar-refractivity contribution in [2.75, 3.05) is 0 Å². The molecule has 2 aromatic rings. The molecule has 0 radical (unpaired) electrons. The highest BCUT2D eigenvalue weighted by Gasteiger charge is 2.11. The normalized spacial score (nSPS) is 10.5. The summed E-state index contributed by atoms with van der Waals surface area (Å²) in [5.74, 6) is -0.389. The van der Waals surface area contributed by atoms with E-state index in [2.05, 4.69) is 14.2 Å². The van der Waals surface area contributed by atoms with Crippen LogP contribution in [0.3, 0.4) is 0 Å². The van der Waals surface area contributed by atoms with E-state index in [0.717, 1.165) is 16.6 Å². The molecule has 0 amide bonds. The highest BCUT2D eigenvalue weighted by molar-refractivity contribution is 7.27. The van der Waals surface area contributed by atoms with Gasteiger partial charge in [0.25, 0.3) is 0 Å². The molecule has 0 aliphatic rings. The summed E-state index contributed by atoms with van der Waals surface area (Å²) in [7, 11) is 2.64. The van der Waals surface area contributed by atoms with Crippen LogP contribution in [0.2, 0.25) is 0 Å². The van der Waals surface area contributed by atoms with Crippen LogP contribution in [0.5, 0.6) is 0 Å². The summed E-state index contributed by atoms with van der Waals surface area (Å²) in [6.07, 6.45) is -0.144. The van der Waals surface area contributed by atoms with Gasteiger partial charge in [-0.3, -0.25) is 0 Å². The molecule has 0 aliphatic heterocycles. The van der Waals surface area contributed by atoms with Crippen molar-refractivity contribution in [3.05, 3.63) is 48.2 Å². The van der Waals surface area contributed by atoms with E-state index in [-0.39, 0.29) is 12.1 Å². The minimum absolute atomic E-state index is 0.144. The van der Waals surface area contributed by atoms with E-state index in [4.69, 9.17) is 4.74 Å². The number of esters is 1. The van der Waals surface area contributed by atoms with E-state index < -0.39 is 0 Å². The molecule has 19 heavy (non-hydrogen) atoms. The number of carbonyl (C=O) groups is 1. The number of aromatic nitrogens is 1. The maximum Gasteiger partial charge on any atom is 0.357 e. The molecule has 1 heterocycles. The van der Waals surface area contributed by atoms with E-state index in [9.17, 15) is 4.79 Å². The second-order valence-corrected chi connectivity index (χ2v) is 5.15. The fourth-order valence-corrected chi connectivity index (χ4v) is 1.83. The van der Waals surface area contributed by atoms with Crippen molar-refractivity contribution in [1.29, 1.82) is 0 Å². The van der Waals surface area contributed by atoms with Gasteiger partial charge >= 0.3 is 5.97 Å². The van der Waals surface area contributed by atoms with Gasteiger partial charge < -0.3 is 4.74 Å². The summed E-state index contributed by atoms with van der Waals surface area (Å²) in [5, 5.41) is 1.11. The number of ether oxygens (including phenoxy) is 1. The van der Waals surface area contributed by atoms with Gasteiger partial charge in [-0.15, -0.1) is 9.24 Å². The van der Waals surface area contributed by atoms with Crippen molar-refractivity contribution in [2.24, 2.45) is 0 Å². The van der Waals surface area contributed by atoms with Gasteiger partial charge in [0.1, 0.15) is 5.69 Å². The predicted molar refractivity (Wildman–Crippen MR) is 79.6 cm³/mol. The van der Waals surface area contributed by atoms with Gasteiger partial charge in [-0.2, -0.15) is 0 Å². The van der Waals surface area contributed by atoms with Crippen LogP contribution in [-0.4, -0.2) is 17.1 Å². The fourth-order valence-electron chi connectivity index (χ4n) is 1.64. The summed E-state index contributed by atoms with van der Waals surface area (Å²) >= 11 is 0. The quantitative estimate of drug-likeness (QED) is 0.637. The van der Waals surface area contributed by atoms with E-state index in [0.29, 0.717) is 5.69 Å². The zero-order chi connectivity index (χ0) is 13.8. The molecule has 0 spiro atoms. The van der Waals surface area contributed by atoms with E-state index in [1.165, 1.54) is 0 Å². The van der Waals surface area contributed by atoms with E-state index in [1.54, 1.807) is 6.07 Å². The van der Waals surface area contributed by atoms with Crippen molar-refractivity contribution in [3.63, 3.8) is 0 Å². The first-order valence-corrected chi connectivity index (χ1v) is 6.68. The largest absolute Gasteiger partial charge is 0.458 e. The second kappa shape index (κ2) is 5.94. The molecule has 1 aromatic carbocycles. The molecular formula is C15H16NO2P. The van der Waals surface area contributed by atoms with Gasteiger partial charge in [0.15, 0.2) is 0 Å². The van der Waals surface area contributed by atoms with Crippen LogP contribution in [0.25, 0.3) is 11.3 Å². The molecule has 98 valence electrons. The van der Waals surface area contributed by atoms with E-state index >= 15 is 0 Å². The third-order valence-electron chi connectivity index (χ3n) is 2.51. The first-order valence-electron chi connectivity index (χ1n) is 6.10. The number of hydrogen-bond acceptors (Lipinski definition) is 3. The molecule has 1 unspecified atom stereocenters. The predicted octanol–water partition coefficient (Wildman–Crippen LogP) is 2.81. The zero-order valence-corrected chi connectivity index (χ0v) is 12.1. The van der Waals surface area contributed by atoms with Crippen LogP contribution in [0.1, 0.15) is 24.3 Å². The molecule has 0 saturated carbocycles. The lowest BCUT2D eigenvalue weighted by molar-refractivity contribution is 0.0371. The van der Waals surface area contributed by atoms with Crippen LogP contribution in [-0.2, 0) is 4.74 Å². The molecule has 1 aromatic heterocycles. The standard InChI is InChI=1S/C15H16NO2P/c1-10(2)18-15(17)14-5-3-4-13(16-14)11-6-8-12(19)9-7-11/h3-10H,19H2,1-2H3. The van der Waals surface area contributed by atoms with Crippen LogP contribution in [0.15, 0.2) is 42.5 Å². The molecule has 0 N–H and O–H groups in total. The maximum atomic E-state index is 11.8. The molecule has 0 bridgehead atoms. The third kappa shape index (κ3) is 3.62. The topological polar surface area (TPSA) is 39.2 Å². The van der Waals surface area contributed by atoms with Crippen molar-refractivity contribution >= 4 is 20.5 Å². The minimum atomic E-state index is -0.389. The Bertz CT molecular complexity index is 579. The zero-order valence-electron chi connectivity index (χ0n) is 11.0. The van der Waals surface area contributed by atoms with Crippen molar-refractivity contribution < 1.29 is 9.53 Å². The van der Waals surface area contributed by atoms with Crippen molar-refractivity contribution in [2.45, 2.75) is 20.0 Å². The summed E-state index contributed by atoms with van der Waals surface area (Å²) in [6.45, 7) is 3.64. The minimum Gasteiger partial charge on any atom is -0.458 e. The average molecular weight is 273 g/mol. The monoisotopic (exact) mass is 273 g/mol. The lowest BCUT2D eigenvalue weighted by Crippen LogP contribution is -2.13. The van der Waals surface area contributed by atoms with Gasteiger partial charge in [-0.25, -0.2) is 9.78 Å². The Morgan fingerprint density at radius 3 is 2.47 bits per heavy atom. The number of nitrogens with zero attached hydrogens (tertiary/aromatic N) is 1. The fraction of sp³-hybridized carbons (Fsp3) is 0.200. The van der Waals surface area contributed by atoms with Crippen molar-refractivity contribution in [1.82, 2.24) is 4.98 Å². The van der Waals surface area contributed by atoms with Gasteiger partial charge in [0.2, 0.25) is 0 Å². The molecule has 4 heteroatoms. The Balaban J connectivity index is 2.29. The summed E-state index contributed by atoms with van der Waals surface area (Å²) in [5.41, 5.74) is 2.08. The van der Waals surface area contributed by atoms with Crippen LogP contribution < -0.4 is 5.30 Å². The SMILES string of the molecule is CC(C)OC(=O)c1cccc(-c2ccc(P)cc2)n1. The molecular weight excluding hydrogens is 257 g/mol. The molecule has 3 nitrogen and oxygen atoms in total. The number of carbonyl (C=O) groups excluding carboxylic acids is 1. The Hall–Kier alpha value is -1.73. The smallest absolute Gasteiger partial charge is 0.357 e. The Morgan fingerprint density at radius 2 is 1.84 bits per heavy atom. The molecule has 0 aliphatic carbocycles. The lowest BCUT2D eigenvalue weighted by atomic mass is 10.1. The maximum absolute atomic E-state index is 11.8. The van der Waals surface area contributed by atoms with E-state index in [1.807, 2.05) is 50.2 Å². The molecule has 0 fully saturated rings. The Kier molecular flexibility index (Phi) is 4.28. The number of pyridine rings is 1. The van der Waals surface area contributed by atoms with Gasteiger partial charge in [0, 0.05) is 5.56 Å². The van der Waals surface area contributed by atoms with Gasteiger partial charge in [-0.05, 0) is 31.3 Å². The number of benzene rings is 1. The Labute approximate surface area is 115 Å². The van der Waals surface area contributed by atoms with Crippen molar-refractivity contribution in [3.8, 4) is 11.3 Å². The first-order chi connectivity index (χ1) is 9.06. The van der Waals surface area contributed by atoms with Crippen LogP contribution >= 0.6 is 9.24 Å². The van der Waals surface area contributed by atoms with Gasteiger partial charge in [-0.1, -0.05) is 30.3 Å². The Morgan fingerprint density at radius 1 is 1.16 bits per heavy atom. The van der Waals surface area contributed by atoms with Crippen LogP contribution in [0.4, 0.5) is 0 Å².